The van der Waals surface area contributed by atoms with Gasteiger partial charge in [0, 0.05) is 31.7 Å². The van der Waals surface area contributed by atoms with Gasteiger partial charge in [-0.25, -0.2) is 0 Å². The highest BCUT2D eigenvalue weighted by Crippen LogP contribution is 2.37. The highest BCUT2D eigenvalue weighted by molar-refractivity contribution is 8.26. The fourth-order valence-electron chi connectivity index (χ4n) is 5.27. The minimum atomic E-state index is -0.242. The van der Waals surface area contributed by atoms with Crippen LogP contribution in [0.25, 0.3) is 6.08 Å². The monoisotopic (exact) mass is 514 g/mol. The van der Waals surface area contributed by atoms with Crippen LogP contribution < -0.4 is 10.5 Å². The second kappa shape index (κ2) is 12.2. The van der Waals surface area contributed by atoms with E-state index in [1.807, 2.05) is 19.9 Å². The summed E-state index contributed by atoms with van der Waals surface area (Å²) in [7, 11) is 0. The number of amides is 1. The van der Waals surface area contributed by atoms with Crippen molar-refractivity contribution in [3.63, 3.8) is 0 Å². The van der Waals surface area contributed by atoms with Gasteiger partial charge in [-0.1, -0.05) is 70.9 Å². The third kappa shape index (κ3) is 6.00. The van der Waals surface area contributed by atoms with Gasteiger partial charge >= 0.3 is 0 Å². The number of nitriles is 1. The lowest BCUT2D eigenvalue weighted by Crippen LogP contribution is -2.43. The molecular formula is C27H38N4O2S2. The molecule has 190 valence electrons. The summed E-state index contributed by atoms with van der Waals surface area (Å²) in [6.07, 6.45) is 8.11. The van der Waals surface area contributed by atoms with Crippen molar-refractivity contribution in [1.29, 1.82) is 5.26 Å². The van der Waals surface area contributed by atoms with Gasteiger partial charge in [-0.2, -0.15) is 5.26 Å². The Labute approximate surface area is 219 Å². The first-order valence-electron chi connectivity index (χ1n) is 12.9. The summed E-state index contributed by atoms with van der Waals surface area (Å²) < 4.78 is 2.34. The summed E-state index contributed by atoms with van der Waals surface area (Å²) in [5.74, 6) is 1.75. The highest BCUT2D eigenvalue weighted by atomic mass is 32.2. The number of unbranched alkanes of at least 4 members (excludes halogenated alkanes) is 3. The zero-order chi connectivity index (χ0) is 25.7. The van der Waals surface area contributed by atoms with Crippen LogP contribution in [0.4, 0.5) is 5.82 Å². The first kappa shape index (κ1) is 27.5. The molecule has 1 amide bonds. The quantitative estimate of drug-likeness (QED) is 0.239. The van der Waals surface area contributed by atoms with E-state index in [-0.39, 0.29) is 17.0 Å². The van der Waals surface area contributed by atoms with Crippen LogP contribution in [0, 0.1) is 30.1 Å². The minimum Gasteiger partial charge on any atom is -0.357 e. The number of anilines is 1. The second-order valence-corrected chi connectivity index (χ2v) is 11.7. The summed E-state index contributed by atoms with van der Waals surface area (Å²) >= 11 is 6.88. The molecule has 2 saturated heterocycles. The third-order valence-electron chi connectivity index (χ3n) is 6.85. The number of thioether (sulfide) groups is 1. The third-order valence-corrected chi connectivity index (χ3v) is 8.22. The lowest BCUT2D eigenvalue weighted by atomic mass is 9.91. The van der Waals surface area contributed by atoms with E-state index in [1.165, 1.54) is 11.8 Å². The molecule has 2 fully saturated rings. The van der Waals surface area contributed by atoms with Gasteiger partial charge < -0.3 is 4.90 Å². The SMILES string of the molecule is CCCCCCN1C(=O)C(=Cc2c(C)c(C#N)c(=O)n(CCC)c2N2CC(C)CC(C)C2)SC1=S. The van der Waals surface area contributed by atoms with Gasteiger partial charge in [-0.15, -0.1) is 0 Å². The Bertz CT molecular complexity index is 1090. The molecule has 0 N–H and O–H groups in total. The molecule has 2 unspecified atom stereocenters. The van der Waals surface area contributed by atoms with E-state index in [1.54, 1.807) is 9.47 Å². The van der Waals surface area contributed by atoms with E-state index in [2.05, 4.69) is 31.7 Å². The van der Waals surface area contributed by atoms with Gasteiger partial charge in [0.1, 0.15) is 21.8 Å². The van der Waals surface area contributed by atoms with Gasteiger partial charge in [0.15, 0.2) is 0 Å². The van der Waals surface area contributed by atoms with Crippen molar-refractivity contribution >= 4 is 46.1 Å². The van der Waals surface area contributed by atoms with E-state index in [0.29, 0.717) is 39.7 Å². The molecule has 8 heteroatoms. The Balaban J connectivity index is 2.12. The van der Waals surface area contributed by atoms with Crippen molar-refractivity contribution in [1.82, 2.24) is 9.47 Å². The average molecular weight is 515 g/mol. The predicted molar refractivity (Wildman–Crippen MR) is 150 cm³/mol. The molecule has 0 saturated carbocycles. The van der Waals surface area contributed by atoms with Gasteiger partial charge in [0.05, 0.1) is 4.91 Å². The molecule has 0 spiro atoms. The number of nitrogens with zero attached hydrogens (tertiary/aromatic N) is 4. The van der Waals surface area contributed by atoms with Crippen LogP contribution in [-0.2, 0) is 11.3 Å². The molecular weight excluding hydrogens is 476 g/mol. The van der Waals surface area contributed by atoms with Crippen molar-refractivity contribution in [3.8, 4) is 6.07 Å². The van der Waals surface area contributed by atoms with Gasteiger partial charge in [-0.05, 0) is 49.7 Å². The predicted octanol–water partition coefficient (Wildman–Crippen LogP) is 5.70. The fourth-order valence-corrected chi connectivity index (χ4v) is 6.56. The van der Waals surface area contributed by atoms with Crippen molar-refractivity contribution < 1.29 is 4.79 Å². The Morgan fingerprint density at radius 1 is 1.09 bits per heavy atom. The first-order valence-corrected chi connectivity index (χ1v) is 14.1. The Morgan fingerprint density at radius 2 is 1.77 bits per heavy atom. The zero-order valence-corrected chi connectivity index (χ0v) is 23.4. The van der Waals surface area contributed by atoms with Crippen LogP contribution in [0.5, 0.6) is 0 Å². The summed E-state index contributed by atoms with van der Waals surface area (Å²) in [5.41, 5.74) is 1.34. The van der Waals surface area contributed by atoms with Crippen LogP contribution in [0.2, 0.25) is 0 Å². The van der Waals surface area contributed by atoms with Gasteiger partial charge in [0.25, 0.3) is 11.5 Å². The number of carbonyl (C=O) groups excluding carboxylic acids is 1. The lowest BCUT2D eigenvalue weighted by Gasteiger charge is -2.39. The number of rotatable bonds is 9. The number of hydrogen-bond acceptors (Lipinski definition) is 6. The molecule has 3 heterocycles. The summed E-state index contributed by atoms with van der Waals surface area (Å²) in [5, 5.41) is 9.84. The van der Waals surface area contributed by atoms with Crippen LogP contribution >= 0.6 is 24.0 Å². The normalized spacial score (nSPS) is 21.8. The Hall–Kier alpha value is -2.11. The standard InChI is InChI=1S/C27H38N4O2S2/c1-6-8-9-10-12-31-26(33)23(35-27(31)34)14-21-20(5)22(15-28)25(32)30(11-7-2)24(21)29-16-18(3)13-19(4)17-29/h14,18-19H,6-13,16-17H2,1-5H3. The minimum absolute atomic E-state index is 0.0750. The lowest BCUT2D eigenvalue weighted by molar-refractivity contribution is -0.122. The van der Waals surface area contributed by atoms with E-state index in [0.717, 1.165) is 63.0 Å². The van der Waals surface area contributed by atoms with E-state index < -0.39 is 0 Å². The molecule has 35 heavy (non-hydrogen) atoms. The largest absolute Gasteiger partial charge is 0.357 e. The second-order valence-electron chi connectivity index (χ2n) is 10.1. The summed E-state index contributed by atoms with van der Waals surface area (Å²) in [4.78, 5) is 31.2. The summed E-state index contributed by atoms with van der Waals surface area (Å²) in [6, 6.07) is 2.13. The smallest absolute Gasteiger partial charge is 0.270 e. The van der Waals surface area contributed by atoms with Gasteiger partial charge in [0.2, 0.25) is 0 Å². The van der Waals surface area contributed by atoms with Gasteiger partial charge in [-0.3, -0.25) is 19.1 Å². The van der Waals surface area contributed by atoms with E-state index in [4.69, 9.17) is 12.2 Å². The van der Waals surface area contributed by atoms with Crippen molar-refractivity contribution in [3.05, 3.63) is 31.9 Å². The van der Waals surface area contributed by atoms with Crippen molar-refractivity contribution in [2.24, 2.45) is 11.8 Å². The number of carbonyl (C=O) groups is 1. The van der Waals surface area contributed by atoms with Crippen molar-refractivity contribution in [2.75, 3.05) is 24.5 Å². The average Bonchev–Trinajstić information content (AvgIpc) is 3.06. The molecule has 1 aromatic heterocycles. The Kier molecular flexibility index (Phi) is 9.60. The fraction of sp³-hybridized carbons (Fsp3) is 0.630. The van der Waals surface area contributed by atoms with Crippen LogP contribution in [0.3, 0.4) is 0 Å². The molecule has 2 aliphatic rings. The molecule has 2 atom stereocenters. The first-order chi connectivity index (χ1) is 16.7. The zero-order valence-electron chi connectivity index (χ0n) is 21.7. The molecule has 1 aromatic rings. The molecule has 0 radical (unpaired) electrons. The highest BCUT2D eigenvalue weighted by Gasteiger charge is 2.33. The maximum absolute atomic E-state index is 13.4. The molecule has 0 aromatic carbocycles. The Morgan fingerprint density at radius 3 is 2.37 bits per heavy atom. The topological polar surface area (TPSA) is 69.3 Å². The number of pyridine rings is 1. The molecule has 6 nitrogen and oxygen atoms in total. The maximum Gasteiger partial charge on any atom is 0.270 e. The maximum atomic E-state index is 13.4. The number of thiocarbonyl (C=S) groups is 1. The van der Waals surface area contributed by atoms with Crippen molar-refractivity contribution in [2.45, 2.75) is 79.7 Å². The number of aromatic nitrogens is 1. The number of hydrogen-bond donors (Lipinski definition) is 0. The molecule has 3 rings (SSSR count). The van der Waals surface area contributed by atoms with Crippen LogP contribution in [0.15, 0.2) is 9.70 Å². The van der Waals surface area contributed by atoms with E-state index >= 15 is 0 Å². The molecule has 0 aliphatic carbocycles. The molecule has 0 bridgehead atoms. The van der Waals surface area contributed by atoms with E-state index in [9.17, 15) is 14.9 Å². The molecule has 2 aliphatic heterocycles. The summed E-state index contributed by atoms with van der Waals surface area (Å²) in [6.45, 7) is 13.4. The van der Waals surface area contributed by atoms with Crippen LogP contribution in [-0.4, -0.2) is 39.3 Å². The van der Waals surface area contributed by atoms with Crippen LogP contribution in [0.1, 0.15) is 82.9 Å². The number of piperidine rings is 1.